The number of para-hydroxylation sites is 1. The molecule has 1 aromatic carbocycles. The van der Waals surface area contributed by atoms with Gasteiger partial charge in [0.15, 0.2) is 5.82 Å². The maximum atomic E-state index is 6.08. The molecular weight excluding hydrogens is 306 g/mol. The molecule has 2 aliphatic heterocycles. The summed E-state index contributed by atoms with van der Waals surface area (Å²) in [6, 6.07) is 8.42. The molecule has 1 N–H and O–H groups in total. The molecule has 2 aromatic heterocycles. The lowest BCUT2D eigenvalue weighted by atomic mass is 10.1. The van der Waals surface area contributed by atoms with E-state index in [2.05, 4.69) is 41.8 Å². The predicted molar refractivity (Wildman–Crippen MR) is 86.1 cm³/mol. The Morgan fingerprint density at radius 1 is 1.24 bits per heavy atom. The van der Waals surface area contributed by atoms with E-state index in [9.17, 15) is 0 Å². The molecule has 0 saturated heterocycles. The number of nitrogens with one attached hydrogen (secondary N) is 1. The maximum Gasteiger partial charge on any atom is 0.226 e. The van der Waals surface area contributed by atoms with E-state index in [0.717, 1.165) is 29.8 Å². The number of anilines is 3. The summed E-state index contributed by atoms with van der Waals surface area (Å²) in [4.78, 5) is 11.8. The Morgan fingerprint density at radius 3 is 3.14 bits per heavy atom. The Morgan fingerprint density at radius 2 is 2.19 bits per heavy atom. The van der Waals surface area contributed by atoms with Crippen LogP contribution in [0, 0.1) is 0 Å². The summed E-state index contributed by atoms with van der Waals surface area (Å²) in [6.07, 6.45) is 2.97. The number of benzene rings is 1. The fourth-order valence-corrected chi connectivity index (χ4v) is 4.27. The Balaban J connectivity index is 1.76. The van der Waals surface area contributed by atoms with Crippen molar-refractivity contribution in [2.24, 2.45) is 0 Å². The third-order valence-corrected chi connectivity index (χ3v) is 5.16. The fourth-order valence-electron chi connectivity index (χ4n) is 3.00. The lowest BCUT2D eigenvalue weighted by Crippen LogP contribution is -2.13. The minimum Gasteiger partial charge on any atom is -0.346 e. The van der Waals surface area contributed by atoms with E-state index in [1.165, 1.54) is 16.9 Å². The summed E-state index contributed by atoms with van der Waals surface area (Å²) in [6.45, 7) is 1.03. The SMILES string of the molecule is Clc1nc(N2SN3CCc4cccc2c43)c2cc[nH]c2n1. The highest BCUT2D eigenvalue weighted by Gasteiger charge is 2.35. The highest BCUT2D eigenvalue weighted by molar-refractivity contribution is 8.02. The molecule has 104 valence electrons. The van der Waals surface area contributed by atoms with Crippen molar-refractivity contribution in [1.82, 2.24) is 15.0 Å². The minimum atomic E-state index is 0.258. The fraction of sp³-hybridized carbons (Fsp3) is 0.143. The van der Waals surface area contributed by atoms with Gasteiger partial charge in [-0.2, -0.15) is 9.97 Å². The standard InChI is InChI=1S/C14H10ClN5S/c15-14-17-12-9(4-6-16-12)13(18-14)20-10-3-1-2-8-5-7-19(21-20)11(8)10/h1-4,6H,5,7H2,(H,16,17,18). The van der Waals surface area contributed by atoms with Gasteiger partial charge < -0.3 is 4.98 Å². The molecule has 0 saturated carbocycles. The van der Waals surface area contributed by atoms with Gasteiger partial charge in [0, 0.05) is 12.7 Å². The van der Waals surface area contributed by atoms with Crippen LogP contribution >= 0.6 is 23.7 Å². The third kappa shape index (κ3) is 1.54. The average Bonchev–Trinajstić information content (AvgIpc) is 3.18. The van der Waals surface area contributed by atoms with E-state index in [1.54, 1.807) is 12.1 Å². The number of hydrogen-bond acceptors (Lipinski definition) is 5. The zero-order valence-electron chi connectivity index (χ0n) is 10.9. The second-order valence-corrected chi connectivity index (χ2v) is 6.38. The number of aromatic nitrogens is 3. The minimum absolute atomic E-state index is 0.258. The van der Waals surface area contributed by atoms with Crippen molar-refractivity contribution >= 4 is 52.0 Å². The van der Waals surface area contributed by atoms with Gasteiger partial charge in [-0.05, 0) is 35.7 Å². The second-order valence-electron chi connectivity index (χ2n) is 5.07. The first-order valence-electron chi connectivity index (χ1n) is 6.69. The summed E-state index contributed by atoms with van der Waals surface area (Å²) in [5.74, 6) is 0.832. The van der Waals surface area contributed by atoms with Gasteiger partial charge in [-0.25, -0.2) is 4.31 Å². The van der Waals surface area contributed by atoms with Gasteiger partial charge in [0.25, 0.3) is 0 Å². The molecule has 5 rings (SSSR count). The molecule has 21 heavy (non-hydrogen) atoms. The lowest BCUT2D eigenvalue weighted by molar-refractivity contribution is 1.06. The quantitative estimate of drug-likeness (QED) is 0.548. The van der Waals surface area contributed by atoms with Crippen molar-refractivity contribution in [2.45, 2.75) is 6.42 Å². The van der Waals surface area contributed by atoms with Gasteiger partial charge in [0.05, 0.1) is 28.9 Å². The number of nitrogens with zero attached hydrogens (tertiary/aromatic N) is 4. The van der Waals surface area contributed by atoms with Gasteiger partial charge in [-0.3, -0.25) is 4.31 Å². The van der Waals surface area contributed by atoms with Gasteiger partial charge in [-0.15, -0.1) is 0 Å². The predicted octanol–water partition coefficient (Wildman–Crippen LogP) is 3.69. The second kappa shape index (κ2) is 4.05. The molecule has 4 heterocycles. The van der Waals surface area contributed by atoms with Crippen molar-refractivity contribution in [3.63, 3.8) is 0 Å². The number of hydrogen-bond donors (Lipinski definition) is 1. The molecule has 0 aliphatic carbocycles. The molecular formula is C14H10ClN5S. The van der Waals surface area contributed by atoms with Crippen LogP contribution < -0.4 is 8.61 Å². The molecule has 0 amide bonds. The van der Waals surface area contributed by atoms with Crippen molar-refractivity contribution < 1.29 is 0 Å². The van der Waals surface area contributed by atoms with Crippen molar-refractivity contribution in [3.8, 4) is 0 Å². The monoisotopic (exact) mass is 315 g/mol. The Labute approximate surface area is 130 Å². The molecule has 0 unspecified atom stereocenters. The zero-order valence-corrected chi connectivity index (χ0v) is 12.4. The molecule has 0 spiro atoms. The number of aromatic amines is 1. The largest absolute Gasteiger partial charge is 0.346 e. The topological polar surface area (TPSA) is 48.1 Å². The Kier molecular flexibility index (Phi) is 2.26. The van der Waals surface area contributed by atoms with Gasteiger partial charge >= 0.3 is 0 Å². The van der Waals surface area contributed by atoms with Crippen LogP contribution in [0.15, 0.2) is 30.5 Å². The van der Waals surface area contributed by atoms with Gasteiger partial charge in [0.1, 0.15) is 5.65 Å². The van der Waals surface area contributed by atoms with E-state index in [1.807, 2.05) is 12.3 Å². The molecule has 0 atom stereocenters. The first-order valence-corrected chi connectivity index (χ1v) is 7.80. The van der Waals surface area contributed by atoms with Gasteiger partial charge in [-0.1, -0.05) is 12.1 Å². The first-order chi connectivity index (χ1) is 10.3. The normalized spacial score (nSPS) is 16.0. The summed E-state index contributed by atoms with van der Waals surface area (Å²) in [5.41, 5.74) is 4.64. The third-order valence-electron chi connectivity index (χ3n) is 3.89. The smallest absolute Gasteiger partial charge is 0.226 e. The van der Waals surface area contributed by atoms with E-state index in [0.29, 0.717) is 0 Å². The van der Waals surface area contributed by atoms with Crippen molar-refractivity contribution in [1.29, 1.82) is 0 Å². The Hall–Kier alpha value is -1.92. The number of H-pyrrole nitrogens is 1. The van der Waals surface area contributed by atoms with Crippen LogP contribution in [0.2, 0.25) is 5.28 Å². The number of halogens is 1. The summed E-state index contributed by atoms with van der Waals surface area (Å²) in [5, 5.41) is 1.24. The molecule has 2 aliphatic rings. The number of fused-ring (bicyclic) bond motifs is 1. The Bertz CT molecular complexity index is 877. The van der Waals surface area contributed by atoms with Crippen molar-refractivity contribution in [3.05, 3.63) is 41.3 Å². The maximum absolute atomic E-state index is 6.08. The number of rotatable bonds is 1. The van der Waals surface area contributed by atoms with Crippen LogP contribution in [0.5, 0.6) is 0 Å². The molecule has 0 bridgehead atoms. The van der Waals surface area contributed by atoms with E-state index >= 15 is 0 Å². The molecule has 0 fully saturated rings. The highest BCUT2D eigenvalue weighted by atomic mass is 35.5. The molecule has 5 nitrogen and oxygen atoms in total. The van der Waals surface area contributed by atoms with Crippen LogP contribution in [0.3, 0.4) is 0 Å². The summed E-state index contributed by atoms with van der Waals surface area (Å²) >= 11 is 7.75. The van der Waals surface area contributed by atoms with E-state index in [-0.39, 0.29) is 5.28 Å². The average molecular weight is 316 g/mol. The first kappa shape index (κ1) is 11.7. The van der Waals surface area contributed by atoms with Crippen LogP contribution in [-0.4, -0.2) is 21.5 Å². The summed E-state index contributed by atoms with van der Waals surface area (Å²) < 4.78 is 4.46. The van der Waals surface area contributed by atoms with Crippen LogP contribution in [0.4, 0.5) is 17.2 Å². The molecule has 7 heteroatoms. The summed E-state index contributed by atoms with van der Waals surface area (Å²) in [7, 11) is 0. The van der Waals surface area contributed by atoms with Gasteiger partial charge in [0.2, 0.25) is 5.28 Å². The molecule has 0 radical (unpaired) electrons. The lowest BCUT2D eigenvalue weighted by Gasteiger charge is -2.18. The van der Waals surface area contributed by atoms with Crippen LogP contribution in [0.1, 0.15) is 5.56 Å². The van der Waals surface area contributed by atoms with Crippen molar-refractivity contribution in [2.75, 3.05) is 15.2 Å². The van der Waals surface area contributed by atoms with Crippen LogP contribution in [-0.2, 0) is 6.42 Å². The zero-order chi connectivity index (χ0) is 14.0. The highest BCUT2D eigenvalue weighted by Crippen LogP contribution is 2.53. The molecule has 3 aromatic rings. The van der Waals surface area contributed by atoms with Crippen LogP contribution in [0.25, 0.3) is 11.0 Å². The van der Waals surface area contributed by atoms with E-state index in [4.69, 9.17) is 11.6 Å². The van der Waals surface area contributed by atoms with E-state index < -0.39 is 0 Å².